The maximum absolute atomic E-state index is 5.90. The van der Waals surface area contributed by atoms with Gasteiger partial charge in [-0.25, -0.2) is 0 Å². The molecule has 3 nitrogen and oxygen atoms in total. The number of benzene rings is 2. The monoisotopic (exact) mass is 329 g/mol. The van der Waals surface area contributed by atoms with Crippen molar-refractivity contribution < 1.29 is 0 Å². The topological polar surface area (TPSA) is 30.7 Å². The summed E-state index contributed by atoms with van der Waals surface area (Å²) in [5, 5.41) is 10.3. The zero-order valence-corrected chi connectivity index (χ0v) is 14.0. The van der Waals surface area contributed by atoms with E-state index in [0.717, 1.165) is 27.3 Å². The van der Waals surface area contributed by atoms with E-state index < -0.39 is 0 Å². The van der Waals surface area contributed by atoms with Crippen LogP contribution in [0.5, 0.6) is 0 Å². The summed E-state index contributed by atoms with van der Waals surface area (Å²) in [4.78, 5) is 0. The molecule has 112 valence electrons. The van der Waals surface area contributed by atoms with Crippen molar-refractivity contribution in [2.75, 3.05) is 0 Å². The van der Waals surface area contributed by atoms with Gasteiger partial charge in [0.1, 0.15) is 0 Å². The Kier molecular flexibility index (Phi) is 4.50. The van der Waals surface area contributed by atoms with Gasteiger partial charge in [0.2, 0.25) is 0 Å². The molecule has 2 aromatic carbocycles. The van der Waals surface area contributed by atoms with Crippen molar-refractivity contribution >= 4 is 23.4 Å². The lowest BCUT2D eigenvalue weighted by atomic mass is 10.1. The highest BCUT2D eigenvalue weighted by Crippen LogP contribution is 2.26. The number of nitrogens with zero attached hydrogens (tertiary/aromatic N) is 3. The van der Waals surface area contributed by atoms with Gasteiger partial charge in [-0.1, -0.05) is 59.3 Å². The maximum atomic E-state index is 5.90. The Balaban J connectivity index is 1.77. The van der Waals surface area contributed by atoms with Gasteiger partial charge in [0, 0.05) is 23.4 Å². The highest BCUT2D eigenvalue weighted by atomic mass is 35.5. The molecule has 0 unspecified atom stereocenters. The Bertz CT molecular complexity index is 781. The SMILES string of the molecule is Cc1cccc(-c2nnc(SCc3ccc(Cl)cc3)n2C)c1. The Labute approximate surface area is 139 Å². The van der Waals surface area contributed by atoms with Crippen molar-refractivity contribution in [3.63, 3.8) is 0 Å². The van der Waals surface area contributed by atoms with Gasteiger partial charge in [-0.2, -0.15) is 0 Å². The van der Waals surface area contributed by atoms with Crippen LogP contribution in [-0.2, 0) is 12.8 Å². The summed E-state index contributed by atoms with van der Waals surface area (Å²) in [6, 6.07) is 16.2. The molecule has 0 bridgehead atoms. The molecule has 0 aliphatic carbocycles. The van der Waals surface area contributed by atoms with Crippen molar-refractivity contribution in [1.82, 2.24) is 14.8 Å². The molecule has 0 radical (unpaired) electrons. The van der Waals surface area contributed by atoms with E-state index in [1.54, 1.807) is 11.8 Å². The van der Waals surface area contributed by atoms with Crippen molar-refractivity contribution in [1.29, 1.82) is 0 Å². The molecule has 0 aliphatic heterocycles. The maximum Gasteiger partial charge on any atom is 0.191 e. The third kappa shape index (κ3) is 3.34. The first-order valence-electron chi connectivity index (χ1n) is 6.97. The lowest BCUT2D eigenvalue weighted by Crippen LogP contribution is -1.95. The third-order valence-corrected chi connectivity index (χ3v) is 4.74. The minimum Gasteiger partial charge on any atom is -0.305 e. The fraction of sp³-hybridized carbons (Fsp3) is 0.176. The van der Waals surface area contributed by atoms with E-state index in [1.807, 2.05) is 41.9 Å². The number of aryl methyl sites for hydroxylation is 1. The molecule has 0 saturated heterocycles. The van der Waals surface area contributed by atoms with Crippen LogP contribution in [0.2, 0.25) is 5.02 Å². The molecule has 0 amide bonds. The van der Waals surface area contributed by atoms with Crippen LogP contribution >= 0.6 is 23.4 Å². The summed E-state index contributed by atoms with van der Waals surface area (Å²) >= 11 is 7.58. The largest absolute Gasteiger partial charge is 0.305 e. The zero-order chi connectivity index (χ0) is 15.5. The van der Waals surface area contributed by atoms with Gasteiger partial charge in [-0.3, -0.25) is 0 Å². The lowest BCUT2D eigenvalue weighted by molar-refractivity contribution is 0.794. The second-order valence-electron chi connectivity index (χ2n) is 5.15. The molecule has 0 spiro atoms. The normalized spacial score (nSPS) is 10.9. The molecule has 0 fully saturated rings. The van der Waals surface area contributed by atoms with E-state index in [1.165, 1.54) is 11.1 Å². The number of hydrogen-bond acceptors (Lipinski definition) is 3. The third-order valence-electron chi connectivity index (χ3n) is 3.39. The number of hydrogen-bond donors (Lipinski definition) is 0. The minimum atomic E-state index is 0.758. The summed E-state index contributed by atoms with van der Waals surface area (Å²) in [6.07, 6.45) is 0. The van der Waals surface area contributed by atoms with Crippen LogP contribution in [0.15, 0.2) is 53.7 Å². The van der Waals surface area contributed by atoms with Gasteiger partial charge in [-0.05, 0) is 30.7 Å². The Morgan fingerprint density at radius 2 is 1.86 bits per heavy atom. The number of aromatic nitrogens is 3. The first kappa shape index (κ1) is 15.1. The van der Waals surface area contributed by atoms with Crippen molar-refractivity contribution in [3.05, 3.63) is 64.7 Å². The van der Waals surface area contributed by atoms with Gasteiger partial charge in [0.25, 0.3) is 0 Å². The van der Waals surface area contributed by atoms with E-state index in [9.17, 15) is 0 Å². The Hall–Kier alpha value is -1.78. The molecule has 1 aromatic heterocycles. The van der Waals surface area contributed by atoms with E-state index in [-0.39, 0.29) is 0 Å². The molecule has 0 aliphatic rings. The summed E-state index contributed by atoms with van der Waals surface area (Å²) < 4.78 is 2.04. The number of thioether (sulfide) groups is 1. The van der Waals surface area contributed by atoms with Crippen molar-refractivity contribution in [2.45, 2.75) is 17.8 Å². The van der Waals surface area contributed by atoms with Crippen LogP contribution in [0.3, 0.4) is 0 Å². The standard InChI is InChI=1S/C17H16ClN3S/c1-12-4-3-5-14(10-12)16-19-20-17(21(16)2)22-11-13-6-8-15(18)9-7-13/h3-10H,11H2,1-2H3. The summed E-state index contributed by atoms with van der Waals surface area (Å²) in [5.74, 6) is 1.74. The average Bonchev–Trinajstić information content (AvgIpc) is 2.88. The predicted molar refractivity (Wildman–Crippen MR) is 92.2 cm³/mol. The molecular weight excluding hydrogens is 314 g/mol. The van der Waals surface area contributed by atoms with Crippen molar-refractivity contribution in [3.8, 4) is 11.4 Å². The van der Waals surface area contributed by atoms with Crippen LogP contribution in [0.4, 0.5) is 0 Å². The van der Waals surface area contributed by atoms with Crippen LogP contribution in [0.1, 0.15) is 11.1 Å². The van der Waals surface area contributed by atoms with Gasteiger partial charge < -0.3 is 4.57 Å². The molecule has 3 aromatic rings. The molecule has 0 saturated carbocycles. The molecular formula is C17H16ClN3S. The molecule has 5 heteroatoms. The quantitative estimate of drug-likeness (QED) is 0.648. The fourth-order valence-electron chi connectivity index (χ4n) is 2.20. The smallest absolute Gasteiger partial charge is 0.191 e. The number of rotatable bonds is 4. The average molecular weight is 330 g/mol. The van der Waals surface area contributed by atoms with E-state index in [2.05, 4.69) is 35.3 Å². The summed E-state index contributed by atoms with van der Waals surface area (Å²) in [5.41, 5.74) is 3.53. The minimum absolute atomic E-state index is 0.758. The van der Waals surface area contributed by atoms with Gasteiger partial charge in [-0.15, -0.1) is 10.2 Å². The lowest BCUT2D eigenvalue weighted by Gasteiger charge is -2.05. The molecule has 0 N–H and O–H groups in total. The highest BCUT2D eigenvalue weighted by Gasteiger charge is 2.11. The van der Waals surface area contributed by atoms with Crippen LogP contribution in [0.25, 0.3) is 11.4 Å². The van der Waals surface area contributed by atoms with Gasteiger partial charge >= 0.3 is 0 Å². The first-order chi connectivity index (χ1) is 10.6. The second-order valence-corrected chi connectivity index (χ2v) is 6.53. The molecule has 1 heterocycles. The van der Waals surface area contributed by atoms with Crippen LogP contribution < -0.4 is 0 Å². The fourth-order valence-corrected chi connectivity index (χ4v) is 3.20. The molecule has 22 heavy (non-hydrogen) atoms. The van der Waals surface area contributed by atoms with E-state index in [0.29, 0.717) is 0 Å². The number of halogens is 1. The summed E-state index contributed by atoms with van der Waals surface area (Å²) in [7, 11) is 2.00. The Morgan fingerprint density at radius 3 is 2.59 bits per heavy atom. The first-order valence-corrected chi connectivity index (χ1v) is 8.33. The zero-order valence-electron chi connectivity index (χ0n) is 12.5. The Morgan fingerprint density at radius 1 is 1.09 bits per heavy atom. The van der Waals surface area contributed by atoms with Crippen molar-refractivity contribution in [2.24, 2.45) is 7.05 Å². The van der Waals surface area contributed by atoms with E-state index in [4.69, 9.17) is 11.6 Å². The van der Waals surface area contributed by atoms with Crippen LogP contribution in [0, 0.1) is 6.92 Å². The molecule has 3 rings (SSSR count). The van der Waals surface area contributed by atoms with E-state index >= 15 is 0 Å². The second kappa shape index (κ2) is 6.55. The van der Waals surface area contributed by atoms with Crippen LogP contribution in [-0.4, -0.2) is 14.8 Å². The van der Waals surface area contributed by atoms with Gasteiger partial charge in [0.05, 0.1) is 0 Å². The predicted octanol–water partition coefficient (Wildman–Crippen LogP) is 4.74. The van der Waals surface area contributed by atoms with Gasteiger partial charge in [0.15, 0.2) is 11.0 Å². The summed E-state index contributed by atoms with van der Waals surface area (Å²) in [6.45, 7) is 2.08. The molecule has 0 atom stereocenters. The highest BCUT2D eigenvalue weighted by molar-refractivity contribution is 7.98.